The van der Waals surface area contributed by atoms with Crippen LogP contribution in [0.25, 0.3) is 10.8 Å². The van der Waals surface area contributed by atoms with Crippen molar-refractivity contribution < 1.29 is 14.4 Å². The van der Waals surface area contributed by atoms with E-state index in [-0.39, 0.29) is 18.6 Å². The molecule has 1 aliphatic rings. The quantitative estimate of drug-likeness (QED) is 0.628. The van der Waals surface area contributed by atoms with Crippen molar-refractivity contribution in [1.82, 2.24) is 5.32 Å². The Labute approximate surface area is 176 Å². The van der Waals surface area contributed by atoms with Crippen molar-refractivity contribution in [3.05, 3.63) is 77.3 Å². The van der Waals surface area contributed by atoms with Crippen molar-refractivity contribution in [3.8, 4) is 5.75 Å². The van der Waals surface area contributed by atoms with Crippen molar-refractivity contribution in [2.24, 2.45) is 0 Å². The van der Waals surface area contributed by atoms with Gasteiger partial charge in [0.1, 0.15) is 11.8 Å². The predicted molar refractivity (Wildman–Crippen MR) is 117 cm³/mol. The highest BCUT2D eigenvalue weighted by Crippen LogP contribution is 2.23. The molecule has 150 valence electrons. The lowest BCUT2D eigenvalue weighted by Gasteiger charge is -2.26. The maximum absolute atomic E-state index is 12.4. The van der Waals surface area contributed by atoms with E-state index < -0.39 is 0 Å². The lowest BCUT2D eigenvalue weighted by Crippen LogP contribution is -3.11. The molecule has 29 heavy (non-hydrogen) atoms. The average molecular weight is 410 g/mol. The molecule has 2 N–H and O–H groups in total. The molecule has 0 aromatic heterocycles. The Morgan fingerprint density at radius 3 is 2.52 bits per heavy atom. The van der Waals surface area contributed by atoms with E-state index in [0.29, 0.717) is 17.3 Å². The van der Waals surface area contributed by atoms with Crippen LogP contribution in [0.4, 0.5) is 0 Å². The number of hydrogen-bond acceptors (Lipinski definition) is 2. The van der Waals surface area contributed by atoms with E-state index in [2.05, 4.69) is 47.8 Å². The van der Waals surface area contributed by atoms with Gasteiger partial charge in [-0.3, -0.25) is 4.79 Å². The number of amides is 1. The van der Waals surface area contributed by atoms with Gasteiger partial charge in [-0.1, -0.05) is 54.1 Å². The molecule has 4 rings (SSSR count). The SMILES string of the molecule is O=C(COc1ccc(Cl)cc1)NC[C@H](c1cccc2ccccc12)[NH+]1CCCC1. The summed E-state index contributed by atoms with van der Waals surface area (Å²) in [6.07, 6.45) is 2.48. The summed E-state index contributed by atoms with van der Waals surface area (Å²) in [5.74, 6) is 0.532. The van der Waals surface area contributed by atoms with Gasteiger partial charge in [0.2, 0.25) is 0 Å². The molecule has 0 unspecified atom stereocenters. The first-order valence-corrected chi connectivity index (χ1v) is 10.6. The summed E-state index contributed by atoms with van der Waals surface area (Å²) in [7, 11) is 0. The number of fused-ring (bicyclic) bond motifs is 1. The molecule has 1 heterocycles. The molecule has 0 bridgehead atoms. The van der Waals surface area contributed by atoms with Crippen LogP contribution in [0.3, 0.4) is 0 Å². The Bertz CT molecular complexity index is 963. The fourth-order valence-electron chi connectivity index (χ4n) is 4.15. The van der Waals surface area contributed by atoms with Crippen molar-refractivity contribution in [2.45, 2.75) is 18.9 Å². The second-order valence-electron chi connectivity index (χ2n) is 7.53. The first kappa shape index (κ1) is 19.7. The van der Waals surface area contributed by atoms with Crippen LogP contribution >= 0.6 is 11.6 Å². The number of quaternary nitrogens is 1. The van der Waals surface area contributed by atoms with E-state index in [1.54, 1.807) is 29.2 Å². The molecule has 1 amide bonds. The lowest BCUT2D eigenvalue weighted by molar-refractivity contribution is -0.918. The second-order valence-corrected chi connectivity index (χ2v) is 7.97. The molecule has 0 spiro atoms. The zero-order chi connectivity index (χ0) is 20.1. The highest BCUT2D eigenvalue weighted by atomic mass is 35.5. The summed E-state index contributed by atoms with van der Waals surface area (Å²) < 4.78 is 5.58. The fourth-order valence-corrected chi connectivity index (χ4v) is 4.28. The standard InChI is InChI=1S/C24H25ClN2O2/c25-19-10-12-20(13-11-19)29-17-24(28)26-16-23(27-14-3-4-15-27)22-9-5-7-18-6-1-2-8-21(18)22/h1-2,5-13,23H,3-4,14-17H2,(H,26,28)/p+1/t23-/m1/s1. The maximum atomic E-state index is 12.4. The smallest absolute Gasteiger partial charge is 0.258 e. The number of carbonyl (C=O) groups is 1. The summed E-state index contributed by atoms with van der Waals surface area (Å²) >= 11 is 5.88. The van der Waals surface area contributed by atoms with Gasteiger partial charge in [0.15, 0.2) is 6.61 Å². The minimum absolute atomic E-state index is 0.000771. The number of benzene rings is 3. The first-order valence-electron chi connectivity index (χ1n) is 10.2. The molecule has 1 aliphatic heterocycles. The van der Waals surface area contributed by atoms with Crippen molar-refractivity contribution >= 4 is 28.3 Å². The number of rotatable bonds is 7. The summed E-state index contributed by atoms with van der Waals surface area (Å²) in [4.78, 5) is 14.0. The van der Waals surface area contributed by atoms with Gasteiger partial charge in [-0.2, -0.15) is 0 Å². The van der Waals surface area contributed by atoms with E-state index >= 15 is 0 Å². The number of ether oxygens (including phenoxy) is 1. The van der Waals surface area contributed by atoms with Crippen molar-refractivity contribution in [2.75, 3.05) is 26.2 Å². The number of nitrogens with one attached hydrogen (secondary N) is 2. The molecule has 1 saturated heterocycles. The second kappa shape index (κ2) is 9.29. The molecular weight excluding hydrogens is 384 g/mol. The Kier molecular flexibility index (Phi) is 6.33. The van der Waals surface area contributed by atoms with Gasteiger partial charge in [0.25, 0.3) is 5.91 Å². The van der Waals surface area contributed by atoms with Crippen LogP contribution < -0.4 is 15.0 Å². The van der Waals surface area contributed by atoms with Crippen LogP contribution in [0.15, 0.2) is 66.7 Å². The molecular formula is C24H26ClN2O2+. The summed E-state index contributed by atoms with van der Waals surface area (Å²) in [6, 6.07) is 22.2. The number of hydrogen-bond donors (Lipinski definition) is 2. The molecule has 3 aromatic rings. The van der Waals surface area contributed by atoms with Crippen LogP contribution in [0, 0.1) is 0 Å². The zero-order valence-corrected chi connectivity index (χ0v) is 17.1. The average Bonchev–Trinajstić information content (AvgIpc) is 3.28. The summed E-state index contributed by atoms with van der Waals surface area (Å²) in [6.45, 7) is 2.89. The topological polar surface area (TPSA) is 42.8 Å². The van der Waals surface area contributed by atoms with Crippen LogP contribution in [0.5, 0.6) is 5.75 Å². The molecule has 0 radical (unpaired) electrons. The van der Waals surface area contributed by atoms with Crippen LogP contribution in [0.2, 0.25) is 5.02 Å². The van der Waals surface area contributed by atoms with E-state index in [4.69, 9.17) is 16.3 Å². The third-order valence-corrected chi connectivity index (χ3v) is 5.88. The monoisotopic (exact) mass is 409 g/mol. The molecule has 1 fully saturated rings. The summed E-state index contributed by atoms with van der Waals surface area (Å²) in [5.41, 5.74) is 1.30. The van der Waals surface area contributed by atoms with Gasteiger partial charge >= 0.3 is 0 Å². The van der Waals surface area contributed by atoms with E-state index in [1.165, 1.54) is 29.2 Å². The Hall–Kier alpha value is -2.56. The maximum Gasteiger partial charge on any atom is 0.258 e. The van der Waals surface area contributed by atoms with Gasteiger partial charge in [-0.05, 0) is 35.0 Å². The minimum Gasteiger partial charge on any atom is -0.484 e. The van der Waals surface area contributed by atoms with Crippen molar-refractivity contribution in [1.29, 1.82) is 0 Å². The highest BCUT2D eigenvalue weighted by molar-refractivity contribution is 6.30. The van der Waals surface area contributed by atoms with E-state index in [9.17, 15) is 4.79 Å². The Balaban J connectivity index is 1.45. The highest BCUT2D eigenvalue weighted by Gasteiger charge is 2.29. The molecule has 0 aliphatic carbocycles. The predicted octanol–water partition coefficient (Wildman–Crippen LogP) is 3.41. The number of halogens is 1. The molecule has 0 saturated carbocycles. The number of carbonyl (C=O) groups excluding carboxylic acids is 1. The normalized spacial score (nSPS) is 15.3. The fraction of sp³-hybridized carbons (Fsp3) is 0.292. The van der Waals surface area contributed by atoms with Crippen LogP contribution in [0.1, 0.15) is 24.4 Å². The molecule has 5 heteroatoms. The minimum atomic E-state index is -0.108. The van der Waals surface area contributed by atoms with Gasteiger partial charge in [-0.15, -0.1) is 0 Å². The van der Waals surface area contributed by atoms with Crippen LogP contribution in [-0.2, 0) is 4.79 Å². The van der Waals surface area contributed by atoms with Gasteiger partial charge in [0, 0.05) is 23.4 Å². The van der Waals surface area contributed by atoms with E-state index in [1.807, 2.05) is 0 Å². The number of likely N-dealkylation sites (tertiary alicyclic amines) is 1. The Morgan fingerprint density at radius 2 is 1.72 bits per heavy atom. The zero-order valence-electron chi connectivity index (χ0n) is 16.4. The Morgan fingerprint density at radius 1 is 1.00 bits per heavy atom. The van der Waals surface area contributed by atoms with Crippen molar-refractivity contribution in [3.63, 3.8) is 0 Å². The van der Waals surface area contributed by atoms with Gasteiger partial charge in [-0.25, -0.2) is 0 Å². The van der Waals surface area contributed by atoms with Gasteiger partial charge < -0.3 is 15.0 Å². The third kappa shape index (κ3) is 4.89. The summed E-state index contributed by atoms with van der Waals surface area (Å²) in [5, 5.41) is 6.25. The third-order valence-electron chi connectivity index (χ3n) is 5.62. The molecule has 3 aromatic carbocycles. The molecule has 1 atom stereocenters. The molecule has 4 nitrogen and oxygen atoms in total. The van der Waals surface area contributed by atoms with Crippen LogP contribution in [-0.4, -0.2) is 32.1 Å². The largest absolute Gasteiger partial charge is 0.484 e. The van der Waals surface area contributed by atoms with Gasteiger partial charge in [0.05, 0.1) is 19.6 Å². The lowest BCUT2D eigenvalue weighted by atomic mass is 9.97. The first-order chi connectivity index (χ1) is 14.2. The van der Waals surface area contributed by atoms with E-state index in [0.717, 1.165) is 13.1 Å².